The number of likely N-dealkylation sites (tertiary alicyclic amines) is 1. The molecule has 1 saturated heterocycles. The maximum Gasteiger partial charge on any atom is 0.244 e. The predicted molar refractivity (Wildman–Crippen MR) is 118 cm³/mol. The summed E-state index contributed by atoms with van der Waals surface area (Å²) >= 11 is 0. The summed E-state index contributed by atoms with van der Waals surface area (Å²) in [5.41, 5.74) is 1.05. The number of carbonyl (C=O) groups excluding carboxylic acids is 1. The highest BCUT2D eigenvalue weighted by Gasteiger charge is 2.32. The maximum atomic E-state index is 13.2. The van der Waals surface area contributed by atoms with Crippen molar-refractivity contribution in [2.75, 3.05) is 33.7 Å². The molecule has 2 aliphatic heterocycles. The Hall–Kier alpha value is -1.67. The van der Waals surface area contributed by atoms with E-state index in [2.05, 4.69) is 20.1 Å². The Morgan fingerprint density at radius 1 is 1.10 bits per heavy atom. The molecule has 9 heteroatoms. The van der Waals surface area contributed by atoms with Crippen LogP contribution in [0.1, 0.15) is 42.0 Å². The van der Waals surface area contributed by atoms with Crippen LogP contribution in [0, 0.1) is 0 Å². The van der Waals surface area contributed by atoms with Crippen molar-refractivity contribution in [1.29, 1.82) is 0 Å². The SMILES string of the molecule is CN(C)C(C(=O)N1CCC(c2nnc3n2CCNC3)CC1)c1ccccc1.Cl.Cl. The van der Waals surface area contributed by atoms with Gasteiger partial charge in [-0.3, -0.25) is 9.69 Å². The van der Waals surface area contributed by atoms with Crippen LogP contribution < -0.4 is 5.32 Å². The number of rotatable bonds is 4. The first-order valence-corrected chi connectivity index (χ1v) is 9.78. The standard InChI is InChI=1S/C20H28N6O.2ClH/c1-24(2)18(15-6-4-3-5-7-15)20(27)25-11-8-16(9-12-25)19-23-22-17-14-21-10-13-26(17)19;;/h3-7,16,18,21H,8-14H2,1-2H3;2*1H. The lowest BCUT2D eigenvalue weighted by Gasteiger charge is -2.36. The molecule has 1 aromatic heterocycles. The lowest BCUT2D eigenvalue weighted by atomic mass is 9.94. The van der Waals surface area contributed by atoms with Crippen LogP contribution in [0.3, 0.4) is 0 Å². The van der Waals surface area contributed by atoms with Gasteiger partial charge in [-0.25, -0.2) is 0 Å². The van der Waals surface area contributed by atoms with E-state index in [0.717, 1.165) is 62.8 Å². The number of halogens is 2. The molecule has 0 aliphatic carbocycles. The van der Waals surface area contributed by atoms with E-state index in [9.17, 15) is 4.79 Å². The Labute approximate surface area is 184 Å². The first kappa shape index (κ1) is 23.6. The van der Waals surface area contributed by atoms with Gasteiger partial charge in [0.15, 0.2) is 0 Å². The molecule has 1 aromatic carbocycles. The van der Waals surface area contributed by atoms with Crippen molar-refractivity contribution in [3.63, 3.8) is 0 Å². The number of aromatic nitrogens is 3. The lowest BCUT2D eigenvalue weighted by molar-refractivity contribution is -0.137. The molecule has 7 nitrogen and oxygen atoms in total. The van der Waals surface area contributed by atoms with E-state index in [-0.39, 0.29) is 36.8 Å². The number of nitrogens with zero attached hydrogens (tertiary/aromatic N) is 5. The number of nitrogens with one attached hydrogen (secondary N) is 1. The van der Waals surface area contributed by atoms with Crippen molar-refractivity contribution in [1.82, 2.24) is 29.9 Å². The molecule has 1 fully saturated rings. The molecule has 0 saturated carbocycles. The highest BCUT2D eigenvalue weighted by atomic mass is 35.5. The highest BCUT2D eigenvalue weighted by Crippen LogP contribution is 2.30. The van der Waals surface area contributed by atoms with Gasteiger partial charge >= 0.3 is 0 Å². The van der Waals surface area contributed by atoms with Gasteiger partial charge in [-0.15, -0.1) is 35.0 Å². The summed E-state index contributed by atoms with van der Waals surface area (Å²) in [5.74, 6) is 2.72. The van der Waals surface area contributed by atoms with E-state index in [0.29, 0.717) is 5.92 Å². The Balaban J connectivity index is 0.00000150. The summed E-state index contributed by atoms with van der Waals surface area (Å²) in [6.45, 7) is 4.26. The van der Waals surface area contributed by atoms with Crippen LogP contribution in [-0.4, -0.2) is 64.2 Å². The second-order valence-corrected chi connectivity index (χ2v) is 7.68. The van der Waals surface area contributed by atoms with E-state index in [1.165, 1.54) is 0 Å². The maximum absolute atomic E-state index is 13.2. The van der Waals surface area contributed by atoms with Crippen molar-refractivity contribution < 1.29 is 4.79 Å². The van der Waals surface area contributed by atoms with Crippen LogP contribution in [0.4, 0.5) is 0 Å². The molecule has 3 heterocycles. The molecule has 2 aliphatic rings. The number of carbonyl (C=O) groups is 1. The zero-order chi connectivity index (χ0) is 18.8. The van der Waals surface area contributed by atoms with E-state index in [1.54, 1.807) is 0 Å². The van der Waals surface area contributed by atoms with Crippen LogP contribution in [0.2, 0.25) is 0 Å². The Morgan fingerprint density at radius 3 is 2.45 bits per heavy atom. The van der Waals surface area contributed by atoms with Crippen LogP contribution >= 0.6 is 24.8 Å². The average molecular weight is 441 g/mol. The van der Waals surface area contributed by atoms with Crippen molar-refractivity contribution in [2.24, 2.45) is 0 Å². The van der Waals surface area contributed by atoms with Gasteiger partial charge in [0.25, 0.3) is 0 Å². The van der Waals surface area contributed by atoms with Gasteiger partial charge in [-0.1, -0.05) is 30.3 Å². The fourth-order valence-electron chi connectivity index (χ4n) is 4.24. The largest absolute Gasteiger partial charge is 0.341 e. The third-order valence-electron chi connectivity index (χ3n) is 5.69. The molecule has 0 radical (unpaired) electrons. The fourth-order valence-corrected chi connectivity index (χ4v) is 4.24. The first-order chi connectivity index (χ1) is 13.1. The summed E-state index contributed by atoms with van der Waals surface area (Å²) in [6, 6.07) is 9.82. The molecular formula is C20H30Cl2N6O. The highest BCUT2D eigenvalue weighted by molar-refractivity contribution is 5.85. The van der Waals surface area contributed by atoms with Gasteiger partial charge in [0.05, 0.1) is 6.54 Å². The summed E-state index contributed by atoms with van der Waals surface area (Å²) in [7, 11) is 3.94. The second-order valence-electron chi connectivity index (χ2n) is 7.68. The average Bonchev–Trinajstić information content (AvgIpc) is 3.13. The quantitative estimate of drug-likeness (QED) is 0.789. The second kappa shape index (κ2) is 10.4. The van der Waals surface area contributed by atoms with Gasteiger partial charge in [-0.05, 0) is 32.5 Å². The zero-order valence-electron chi connectivity index (χ0n) is 17.0. The molecule has 4 rings (SSSR count). The molecule has 1 atom stereocenters. The summed E-state index contributed by atoms with van der Waals surface area (Å²) in [5, 5.41) is 12.1. The van der Waals surface area contributed by atoms with Crippen molar-refractivity contribution in [3.05, 3.63) is 47.5 Å². The molecule has 160 valence electrons. The van der Waals surface area contributed by atoms with Crippen molar-refractivity contribution >= 4 is 30.7 Å². The van der Waals surface area contributed by atoms with Crippen LogP contribution in [0.5, 0.6) is 0 Å². The van der Waals surface area contributed by atoms with Crippen LogP contribution in [0.15, 0.2) is 30.3 Å². The van der Waals surface area contributed by atoms with Crippen LogP contribution in [-0.2, 0) is 17.9 Å². The molecule has 1 N–H and O–H groups in total. The summed E-state index contributed by atoms with van der Waals surface area (Å²) in [4.78, 5) is 17.2. The number of fused-ring (bicyclic) bond motifs is 1. The van der Waals surface area contributed by atoms with E-state index in [1.807, 2.05) is 54.2 Å². The fraction of sp³-hybridized carbons (Fsp3) is 0.550. The van der Waals surface area contributed by atoms with Crippen molar-refractivity contribution in [3.8, 4) is 0 Å². The minimum Gasteiger partial charge on any atom is -0.341 e. The third kappa shape index (κ3) is 4.91. The minimum atomic E-state index is -0.227. The normalized spacial score (nSPS) is 17.8. The topological polar surface area (TPSA) is 66.3 Å². The molecule has 1 amide bonds. The smallest absolute Gasteiger partial charge is 0.244 e. The summed E-state index contributed by atoms with van der Waals surface area (Å²) in [6.07, 6.45) is 1.90. The van der Waals surface area contributed by atoms with Crippen LogP contribution in [0.25, 0.3) is 0 Å². The Kier molecular flexibility index (Phi) is 8.46. The van der Waals surface area contributed by atoms with Gasteiger partial charge < -0.3 is 14.8 Å². The molecule has 29 heavy (non-hydrogen) atoms. The molecular weight excluding hydrogens is 411 g/mol. The minimum absolute atomic E-state index is 0. The zero-order valence-corrected chi connectivity index (χ0v) is 18.6. The molecule has 1 unspecified atom stereocenters. The molecule has 0 bridgehead atoms. The third-order valence-corrected chi connectivity index (χ3v) is 5.69. The van der Waals surface area contributed by atoms with Gasteiger partial charge in [0, 0.05) is 32.1 Å². The van der Waals surface area contributed by atoms with Crippen molar-refractivity contribution in [2.45, 2.75) is 37.9 Å². The number of piperidine rings is 1. The molecule has 0 spiro atoms. The first-order valence-electron chi connectivity index (χ1n) is 9.78. The number of hydrogen-bond acceptors (Lipinski definition) is 5. The Morgan fingerprint density at radius 2 is 1.79 bits per heavy atom. The van der Waals surface area contributed by atoms with E-state index < -0.39 is 0 Å². The number of likely N-dealkylation sites (N-methyl/N-ethyl adjacent to an activating group) is 1. The lowest BCUT2D eigenvalue weighted by Crippen LogP contribution is -2.44. The van der Waals surface area contributed by atoms with Gasteiger partial charge in [-0.2, -0.15) is 0 Å². The number of amides is 1. The van der Waals surface area contributed by atoms with E-state index in [4.69, 9.17) is 0 Å². The summed E-state index contributed by atoms with van der Waals surface area (Å²) < 4.78 is 2.27. The van der Waals surface area contributed by atoms with Gasteiger partial charge in [0.2, 0.25) is 5.91 Å². The molecule has 2 aromatic rings. The number of hydrogen-bond donors (Lipinski definition) is 1. The number of benzene rings is 1. The predicted octanol–water partition coefficient (Wildman–Crippen LogP) is 2.23. The van der Waals surface area contributed by atoms with E-state index >= 15 is 0 Å². The Bertz CT molecular complexity index is 790. The monoisotopic (exact) mass is 440 g/mol. The van der Waals surface area contributed by atoms with Gasteiger partial charge in [0.1, 0.15) is 17.7 Å².